The van der Waals surface area contributed by atoms with Gasteiger partial charge in [0.1, 0.15) is 0 Å². The van der Waals surface area contributed by atoms with Gasteiger partial charge in [-0.2, -0.15) is 4.21 Å². The molecule has 2 N–H and O–H groups in total. The van der Waals surface area contributed by atoms with Gasteiger partial charge in [0.25, 0.3) is 9.05 Å². The summed E-state index contributed by atoms with van der Waals surface area (Å²) in [6, 6.07) is 0. The van der Waals surface area contributed by atoms with E-state index in [1.807, 2.05) is 0 Å². The fraction of sp³-hybridized carbons (Fsp3) is 1.00. The van der Waals surface area contributed by atoms with Crippen molar-refractivity contribution in [2.24, 2.45) is 5.92 Å². The zero-order valence-electron chi connectivity index (χ0n) is 12.9. The van der Waals surface area contributed by atoms with Gasteiger partial charge in [-0.05, 0) is 44.6 Å². The zero-order valence-corrected chi connectivity index (χ0v) is 14.6. The number of ether oxygens (including phenoxy) is 1. The van der Waals surface area contributed by atoms with Crippen LogP contribution in [-0.4, -0.2) is 41.2 Å². The van der Waals surface area contributed by atoms with Crippen LogP contribution in [-0.2, 0) is 29.2 Å². The van der Waals surface area contributed by atoms with Gasteiger partial charge >= 0.3 is 0 Å². The van der Waals surface area contributed by atoms with Crippen LogP contribution in [0.5, 0.6) is 0 Å². The Morgan fingerprint density at radius 2 is 1.95 bits per heavy atom. The summed E-state index contributed by atoms with van der Waals surface area (Å²) in [5.74, 6) is 0.714. The first-order valence-corrected chi connectivity index (χ1v) is 10.3. The van der Waals surface area contributed by atoms with Crippen molar-refractivity contribution in [1.29, 1.82) is 0 Å². The molecule has 0 amide bonds. The topological polar surface area (TPSA) is 67.8 Å². The van der Waals surface area contributed by atoms with E-state index >= 15 is 0 Å². The summed E-state index contributed by atoms with van der Waals surface area (Å²) in [4.78, 5) is 0. The van der Waals surface area contributed by atoms with Crippen LogP contribution in [0.3, 0.4) is 0 Å². The van der Waals surface area contributed by atoms with Crippen molar-refractivity contribution in [3.63, 3.8) is 0 Å². The van der Waals surface area contributed by atoms with Gasteiger partial charge in [-0.25, -0.2) is 0 Å². The Kier molecular flexibility index (Phi) is 9.96. The van der Waals surface area contributed by atoms with Crippen LogP contribution in [0.2, 0.25) is 0 Å². The third-order valence-corrected chi connectivity index (χ3v) is 4.63. The lowest BCUT2D eigenvalue weighted by Gasteiger charge is -2.28. The summed E-state index contributed by atoms with van der Waals surface area (Å²) >= 11 is 4.21. The van der Waals surface area contributed by atoms with Crippen LogP contribution in [0.15, 0.2) is 0 Å². The summed E-state index contributed by atoms with van der Waals surface area (Å²) in [6.07, 6.45) is 8.97. The third kappa shape index (κ3) is 10.5. The van der Waals surface area contributed by atoms with Gasteiger partial charge in [0.05, 0.1) is 12.7 Å². The Morgan fingerprint density at radius 3 is 2.67 bits per heavy atom. The molecule has 0 aliphatic heterocycles. The lowest BCUT2D eigenvalue weighted by Crippen LogP contribution is -2.26. The first kappa shape index (κ1) is 19.3. The van der Waals surface area contributed by atoms with Crippen LogP contribution in [0.25, 0.3) is 0 Å². The van der Waals surface area contributed by atoms with E-state index in [1.54, 1.807) is 0 Å². The summed E-state index contributed by atoms with van der Waals surface area (Å²) in [7, 11) is -3.47. The molecular formula is C14H29NO4S2. The third-order valence-electron chi connectivity index (χ3n) is 3.87. The second-order valence-electron chi connectivity index (χ2n) is 5.73. The molecule has 0 saturated heterocycles. The monoisotopic (exact) mass is 339 g/mol. The van der Waals surface area contributed by atoms with Crippen molar-refractivity contribution < 1.29 is 17.7 Å². The Morgan fingerprint density at radius 1 is 1.19 bits per heavy atom. The molecule has 1 aliphatic carbocycles. The molecule has 1 saturated carbocycles. The molecule has 1 aliphatic rings. The molecule has 7 heteroatoms. The van der Waals surface area contributed by atoms with Crippen LogP contribution >= 0.6 is 0 Å². The van der Waals surface area contributed by atoms with Crippen LogP contribution in [0.1, 0.15) is 51.9 Å². The van der Waals surface area contributed by atoms with Crippen molar-refractivity contribution in [1.82, 2.24) is 5.32 Å². The van der Waals surface area contributed by atoms with Crippen molar-refractivity contribution in [2.45, 2.75) is 58.0 Å². The average molecular weight is 340 g/mol. The minimum absolute atomic E-state index is 0.168. The Bertz CT molecular complexity index is 362. The predicted molar refractivity (Wildman–Crippen MR) is 88.2 cm³/mol. The van der Waals surface area contributed by atoms with Gasteiger partial charge in [-0.1, -0.05) is 19.8 Å². The Hall–Kier alpha value is 0.210. The Labute approximate surface area is 133 Å². The zero-order chi connectivity index (χ0) is 15.6. The lowest BCUT2D eigenvalue weighted by molar-refractivity contribution is -0.00652. The molecule has 126 valence electrons. The van der Waals surface area contributed by atoms with Gasteiger partial charge in [0.15, 0.2) is 0 Å². The average Bonchev–Trinajstić information content (AvgIpc) is 2.41. The smallest absolute Gasteiger partial charge is 0.266 e. The SMILES string of the molecule is C[C@H]1CCCC[C@@H]1OCCCCCNCCOS(=O)(O)=S. The number of hydrogen-bond acceptors (Lipinski definition) is 5. The Balaban J connectivity index is 1.84. The van der Waals surface area contributed by atoms with Crippen LogP contribution < -0.4 is 5.32 Å². The molecule has 0 aromatic carbocycles. The fourth-order valence-electron chi connectivity index (χ4n) is 2.64. The molecule has 21 heavy (non-hydrogen) atoms. The van der Waals surface area contributed by atoms with Crippen molar-refractivity contribution >= 4 is 20.2 Å². The maximum absolute atomic E-state index is 10.7. The largest absolute Gasteiger partial charge is 0.378 e. The maximum Gasteiger partial charge on any atom is 0.266 e. The van der Waals surface area contributed by atoms with E-state index < -0.39 is 9.05 Å². The van der Waals surface area contributed by atoms with E-state index in [1.165, 1.54) is 25.7 Å². The van der Waals surface area contributed by atoms with Gasteiger partial charge in [-0.3, -0.25) is 8.74 Å². The molecule has 0 radical (unpaired) electrons. The van der Waals surface area contributed by atoms with E-state index in [0.717, 1.165) is 32.4 Å². The molecular weight excluding hydrogens is 310 g/mol. The minimum Gasteiger partial charge on any atom is -0.378 e. The molecule has 1 rings (SSSR count). The highest BCUT2D eigenvalue weighted by atomic mass is 32.9. The van der Waals surface area contributed by atoms with Gasteiger partial charge in [0.2, 0.25) is 0 Å². The molecule has 5 nitrogen and oxygen atoms in total. The number of hydrogen-bond donors (Lipinski definition) is 2. The molecule has 0 spiro atoms. The van der Waals surface area contributed by atoms with Gasteiger partial charge in [-0.15, -0.1) is 0 Å². The first-order valence-electron chi connectivity index (χ1n) is 7.93. The van der Waals surface area contributed by atoms with E-state index in [-0.39, 0.29) is 6.61 Å². The highest BCUT2D eigenvalue weighted by Gasteiger charge is 2.21. The molecule has 1 fully saturated rings. The second kappa shape index (κ2) is 10.9. The fourth-order valence-corrected chi connectivity index (χ4v) is 3.14. The maximum atomic E-state index is 10.7. The standard InChI is InChI=1S/C14H29NO4S2/c1-13-7-3-4-8-14(13)18-11-6-2-5-9-15-10-12-19-21(16,17)20/h13-15H,2-12H2,1H3,(H,16,17,20)/t13-,14-/m0/s1. The van der Waals surface area contributed by atoms with Crippen LogP contribution in [0, 0.1) is 5.92 Å². The van der Waals surface area contributed by atoms with Gasteiger partial charge < -0.3 is 10.1 Å². The molecule has 0 aromatic heterocycles. The second-order valence-corrected chi connectivity index (χ2v) is 8.09. The number of unbranched alkanes of at least 4 members (excludes halogenated alkanes) is 2. The summed E-state index contributed by atoms with van der Waals surface area (Å²) in [6.45, 7) is 4.75. The molecule has 0 heterocycles. The highest BCUT2D eigenvalue weighted by molar-refractivity contribution is 8.27. The predicted octanol–water partition coefficient (Wildman–Crippen LogP) is 2.49. The molecule has 3 atom stereocenters. The van der Waals surface area contributed by atoms with Crippen molar-refractivity contribution in [2.75, 3.05) is 26.3 Å². The number of nitrogens with one attached hydrogen (secondary N) is 1. The van der Waals surface area contributed by atoms with E-state index in [2.05, 4.69) is 27.6 Å². The molecule has 0 bridgehead atoms. The van der Waals surface area contributed by atoms with Crippen LogP contribution in [0.4, 0.5) is 0 Å². The quantitative estimate of drug-likeness (QED) is 0.564. The van der Waals surface area contributed by atoms with Crippen molar-refractivity contribution in [3.05, 3.63) is 0 Å². The minimum atomic E-state index is -3.47. The molecule has 1 unspecified atom stereocenters. The highest BCUT2D eigenvalue weighted by Crippen LogP contribution is 2.26. The lowest BCUT2D eigenvalue weighted by atomic mass is 9.88. The van der Waals surface area contributed by atoms with E-state index in [9.17, 15) is 4.21 Å². The number of rotatable bonds is 11. The van der Waals surface area contributed by atoms with E-state index in [4.69, 9.17) is 9.29 Å². The summed E-state index contributed by atoms with van der Waals surface area (Å²) in [5, 5.41) is 3.16. The van der Waals surface area contributed by atoms with Gasteiger partial charge in [0, 0.05) is 24.3 Å². The normalized spacial score (nSPS) is 25.6. The first-order chi connectivity index (χ1) is 9.99. The van der Waals surface area contributed by atoms with E-state index in [0.29, 0.717) is 18.6 Å². The van der Waals surface area contributed by atoms with Crippen molar-refractivity contribution in [3.8, 4) is 0 Å². The molecule has 0 aromatic rings. The summed E-state index contributed by atoms with van der Waals surface area (Å²) in [5.41, 5.74) is 0. The summed E-state index contributed by atoms with van der Waals surface area (Å²) < 4.78 is 29.9.